The Balaban J connectivity index is 3.21. The van der Waals surface area contributed by atoms with E-state index in [1.807, 2.05) is 27.8 Å². The van der Waals surface area contributed by atoms with Gasteiger partial charge in [-0.25, -0.2) is 4.98 Å². The zero-order chi connectivity index (χ0) is 16.4. The van der Waals surface area contributed by atoms with Crippen molar-refractivity contribution < 1.29 is 13.2 Å². The lowest BCUT2D eigenvalue weighted by Crippen LogP contribution is -2.39. The van der Waals surface area contributed by atoms with E-state index in [-0.39, 0.29) is 11.5 Å². The molecule has 0 saturated carbocycles. The van der Waals surface area contributed by atoms with E-state index in [0.29, 0.717) is 11.7 Å². The molecule has 122 valence electrons. The first-order valence-corrected chi connectivity index (χ1v) is 7.75. The van der Waals surface area contributed by atoms with Crippen LogP contribution in [0.2, 0.25) is 0 Å². The number of nitrogens with zero attached hydrogens (tertiary/aromatic N) is 2. The highest BCUT2D eigenvalue weighted by atomic mass is 32.1. The molecule has 7 heteroatoms. The Morgan fingerprint density at radius 3 is 2.19 bits per heavy atom. The smallest absolute Gasteiger partial charge is 0.337 e. The summed E-state index contributed by atoms with van der Waals surface area (Å²) in [5.41, 5.74) is 0.673. The second-order valence-electron chi connectivity index (χ2n) is 6.39. The van der Waals surface area contributed by atoms with Crippen LogP contribution >= 0.6 is 11.3 Å². The minimum absolute atomic E-state index is 0.193. The molecule has 0 saturated heterocycles. The first-order valence-electron chi connectivity index (χ1n) is 6.94. The molecule has 0 bridgehead atoms. The van der Waals surface area contributed by atoms with Gasteiger partial charge in [0, 0.05) is 22.9 Å². The summed E-state index contributed by atoms with van der Waals surface area (Å²) in [4.78, 5) is 6.82. The Bertz CT molecular complexity index is 461. The first-order chi connectivity index (χ1) is 9.45. The van der Waals surface area contributed by atoms with Gasteiger partial charge in [0.25, 0.3) is 0 Å². The molecule has 0 atom stereocenters. The van der Waals surface area contributed by atoms with Crippen molar-refractivity contribution >= 4 is 16.5 Å². The third-order valence-corrected chi connectivity index (χ3v) is 4.04. The number of hydrogen-bond acceptors (Lipinski definition) is 4. The molecule has 1 aromatic heterocycles. The lowest BCUT2D eigenvalue weighted by atomic mass is 9.91. The van der Waals surface area contributed by atoms with Crippen molar-refractivity contribution in [1.29, 1.82) is 0 Å². The number of alkyl halides is 3. The Kier molecular flexibility index (Phi) is 5.66. The third kappa shape index (κ3) is 5.14. The van der Waals surface area contributed by atoms with Gasteiger partial charge in [-0.2, -0.15) is 13.2 Å². The maximum absolute atomic E-state index is 12.8. The number of hydrogen-bond donors (Lipinski definition) is 1. The van der Waals surface area contributed by atoms with Crippen LogP contribution in [-0.4, -0.2) is 30.8 Å². The van der Waals surface area contributed by atoms with Gasteiger partial charge < -0.3 is 10.2 Å². The number of rotatable bonds is 5. The summed E-state index contributed by atoms with van der Waals surface area (Å²) in [6.07, 6.45) is -4.24. The average molecular weight is 323 g/mol. The minimum atomic E-state index is -4.24. The summed E-state index contributed by atoms with van der Waals surface area (Å²) in [6.45, 7) is 9.21. The highest BCUT2D eigenvalue weighted by molar-refractivity contribution is 7.15. The number of nitrogens with one attached hydrogen (secondary N) is 1. The molecule has 1 rings (SSSR count). The molecule has 0 aliphatic rings. The predicted molar refractivity (Wildman–Crippen MR) is 82.1 cm³/mol. The quantitative estimate of drug-likeness (QED) is 0.890. The van der Waals surface area contributed by atoms with E-state index >= 15 is 0 Å². The maximum Gasteiger partial charge on any atom is 0.406 e. The van der Waals surface area contributed by atoms with Crippen molar-refractivity contribution in [1.82, 2.24) is 10.3 Å². The van der Waals surface area contributed by atoms with E-state index in [4.69, 9.17) is 0 Å². The van der Waals surface area contributed by atoms with Crippen molar-refractivity contribution in [3.8, 4) is 0 Å². The third-order valence-electron chi connectivity index (χ3n) is 2.95. The largest absolute Gasteiger partial charge is 0.406 e. The molecular formula is C14H24F3N3S. The molecule has 1 heterocycles. The highest BCUT2D eigenvalue weighted by Gasteiger charge is 2.34. The van der Waals surface area contributed by atoms with Gasteiger partial charge in [0.15, 0.2) is 5.13 Å². The molecule has 1 aromatic rings. The first kappa shape index (κ1) is 18.2. The van der Waals surface area contributed by atoms with Crippen molar-refractivity contribution in [2.24, 2.45) is 0 Å². The molecule has 0 aliphatic heterocycles. The molecule has 0 fully saturated rings. The molecule has 0 radical (unpaired) electrons. The Morgan fingerprint density at radius 2 is 1.81 bits per heavy atom. The fourth-order valence-corrected chi connectivity index (χ4v) is 3.41. The molecule has 0 aliphatic carbocycles. The van der Waals surface area contributed by atoms with Crippen LogP contribution in [-0.2, 0) is 12.0 Å². The van der Waals surface area contributed by atoms with Gasteiger partial charge in [0.2, 0.25) is 0 Å². The summed E-state index contributed by atoms with van der Waals surface area (Å²) in [5, 5.41) is 3.50. The topological polar surface area (TPSA) is 28.2 Å². The zero-order valence-electron chi connectivity index (χ0n) is 13.4. The van der Waals surface area contributed by atoms with Crippen LogP contribution in [0.1, 0.15) is 45.2 Å². The molecule has 1 N–H and O–H groups in total. The van der Waals surface area contributed by atoms with Crippen LogP contribution in [0.25, 0.3) is 0 Å². The van der Waals surface area contributed by atoms with Gasteiger partial charge in [0.1, 0.15) is 6.54 Å². The molecule has 0 spiro atoms. The SMILES string of the molecule is CNCc1sc(N(CC(F)(F)F)C(C)C)nc1C(C)(C)C. The highest BCUT2D eigenvalue weighted by Crippen LogP contribution is 2.35. The maximum atomic E-state index is 12.8. The van der Waals surface area contributed by atoms with Crippen LogP contribution in [0.4, 0.5) is 18.3 Å². The Labute approximate surface area is 128 Å². The lowest BCUT2D eigenvalue weighted by molar-refractivity contribution is -0.120. The number of halogens is 3. The van der Waals surface area contributed by atoms with Gasteiger partial charge in [-0.1, -0.05) is 20.8 Å². The average Bonchev–Trinajstić information content (AvgIpc) is 2.68. The zero-order valence-corrected chi connectivity index (χ0v) is 14.2. The number of aromatic nitrogens is 1. The van der Waals surface area contributed by atoms with Gasteiger partial charge in [0.05, 0.1) is 5.69 Å². The summed E-state index contributed by atoms with van der Waals surface area (Å²) in [5.74, 6) is 0. The standard InChI is InChI=1S/C14H24F3N3S/c1-9(2)20(8-14(15,16)17)12-19-11(13(3,4)5)10(21-12)7-18-6/h9,18H,7-8H2,1-6H3. The second kappa shape index (κ2) is 6.52. The molecule has 0 amide bonds. The van der Waals surface area contributed by atoms with E-state index in [1.54, 1.807) is 13.8 Å². The van der Waals surface area contributed by atoms with E-state index in [9.17, 15) is 13.2 Å². The Morgan fingerprint density at radius 1 is 1.24 bits per heavy atom. The van der Waals surface area contributed by atoms with Crippen LogP contribution in [0.3, 0.4) is 0 Å². The molecular weight excluding hydrogens is 299 g/mol. The van der Waals surface area contributed by atoms with E-state index in [1.165, 1.54) is 16.2 Å². The number of thiazole rings is 1. The molecule has 21 heavy (non-hydrogen) atoms. The summed E-state index contributed by atoms with van der Waals surface area (Å²) in [6, 6.07) is -0.256. The van der Waals surface area contributed by atoms with Crippen molar-refractivity contribution in [3.63, 3.8) is 0 Å². The van der Waals surface area contributed by atoms with Gasteiger partial charge >= 0.3 is 6.18 Å². The number of anilines is 1. The summed E-state index contributed by atoms with van der Waals surface area (Å²) in [7, 11) is 1.82. The van der Waals surface area contributed by atoms with Crippen molar-refractivity contribution in [2.45, 2.75) is 58.8 Å². The van der Waals surface area contributed by atoms with Gasteiger partial charge in [-0.3, -0.25) is 0 Å². The summed E-state index contributed by atoms with van der Waals surface area (Å²) < 4.78 is 38.3. The summed E-state index contributed by atoms with van der Waals surface area (Å²) >= 11 is 1.34. The fourth-order valence-electron chi connectivity index (χ4n) is 1.99. The van der Waals surface area contributed by atoms with Crippen molar-refractivity contribution in [2.75, 3.05) is 18.5 Å². The second-order valence-corrected chi connectivity index (χ2v) is 7.45. The lowest BCUT2D eigenvalue weighted by Gasteiger charge is -2.27. The van der Waals surface area contributed by atoms with Crippen LogP contribution in [0.5, 0.6) is 0 Å². The fraction of sp³-hybridized carbons (Fsp3) is 0.786. The van der Waals surface area contributed by atoms with Crippen LogP contribution < -0.4 is 10.2 Å². The van der Waals surface area contributed by atoms with E-state index in [0.717, 1.165) is 10.6 Å². The predicted octanol–water partition coefficient (Wildman–Crippen LogP) is 3.94. The van der Waals surface area contributed by atoms with Gasteiger partial charge in [-0.05, 0) is 20.9 Å². The van der Waals surface area contributed by atoms with E-state index < -0.39 is 12.7 Å². The van der Waals surface area contributed by atoms with Crippen molar-refractivity contribution in [3.05, 3.63) is 10.6 Å². The monoisotopic (exact) mass is 323 g/mol. The van der Waals surface area contributed by atoms with Gasteiger partial charge in [-0.15, -0.1) is 11.3 Å². The van der Waals surface area contributed by atoms with Crippen LogP contribution in [0.15, 0.2) is 0 Å². The normalized spacial score (nSPS) is 13.0. The molecule has 0 unspecified atom stereocenters. The molecule has 3 nitrogen and oxygen atoms in total. The molecule has 0 aromatic carbocycles. The van der Waals surface area contributed by atoms with Crippen LogP contribution in [0, 0.1) is 0 Å². The minimum Gasteiger partial charge on any atom is -0.337 e. The Hall–Kier alpha value is -0.820. The van der Waals surface area contributed by atoms with E-state index in [2.05, 4.69) is 10.3 Å².